The molecule has 1 unspecified atom stereocenters. The molecule has 1 saturated heterocycles. The van der Waals surface area contributed by atoms with Crippen molar-refractivity contribution in [2.24, 2.45) is 0 Å². The summed E-state index contributed by atoms with van der Waals surface area (Å²) in [5, 5.41) is 0. The average Bonchev–Trinajstić information content (AvgIpc) is 2.46. The Morgan fingerprint density at radius 2 is 2.00 bits per heavy atom. The van der Waals surface area contributed by atoms with Crippen LogP contribution in [-0.2, 0) is 4.79 Å². The number of benzene rings is 1. The van der Waals surface area contributed by atoms with Crippen molar-refractivity contribution in [1.82, 2.24) is 9.80 Å². The van der Waals surface area contributed by atoms with Gasteiger partial charge in [-0.3, -0.25) is 4.79 Å². The fourth-order valence-electron chi connectivity index (χ4n) is 2.85. The van der Waals surface area contributed by atoms with Crippen LogP contribution in [0.2, 0.25) is 0 Å². The molecule has 4 nitrogen and oxygen atoms in total. The zero-order chi connectivity index (χ0) is 14.7. The fraction of sp³-hybridized carbons (Fsp3) is 0.562. The molecule has 1 heterocycles. The number of carbonyl (C=O) groups excluding carboxylic acids is 1. The van der Waals surface area contributed by atoms with Crippen LogP contribution in [0, 0.1) is 0 Å². The van der Waals surface area contributed by atoms with Crippen LogP contribution >= 0.6 is 0 Å². The lowest BCUT2D eigenvalue weighted by molar-refractivity contribution is -0.133. The summed E-state index contributed by atoms with van der Waals surface area (Å²) < 4.78 is 0. The Morgan fingerprint density at radius 1 is 1.35 bits per heavy atom. The molecule has 0 radical (unpaired) electrons. The van der Waals surface area contributed by atoms with Gasteiger partial charge in [0.2, 0.25) is 5.91 Å². The summed E-state index contributed by atoms with van der Waals surface area (Å²) in [6, 6.07) is 8.23. The van der Waals surface area contributed by atoms with Gasteiger partial charge >= 0.3 is 0 Å². The standard InChI is InChI=1S/C16H25N3O/c1-12(13-5-4-6-14(17)11-13)16(20)19-9-7-15(8-10-19)18(2)3/h4-6,11-12,15H,7-10,17H2,1-3H3. The third-order valence-corrected chi connectivity index (χ3v) is 4.29. The Morgan fingerprint density at radius 3 is 2.55 bits per heavy atom. The van der Waals surface area contributed by atoms with E-state index in [0.717, 1.165) is 31.5 Å². The largest absolute Gasteiger partial charge is 0.399 e. The maximum absolute atomic E-state index is 12.6. The number of carbonyl (C=O) groups is 1. The highest BCUT2D eigenvalue weighted by atomic mass is 16.2. The summed E-state index contributed by atoms with van der Waals surface area (Å²) >= 11 is 0. The van der Waals surface area contributed by atoms with Gasteiger partial charge in [0.05, 0.1) is 5.92 Å². The van der Waals surface area contributed by atoms with Gasteiger partial charge in [0.15, 0.2) is 0 Å². The lowest BCUT2D eigenvalue weighted by Gasteiger charge is -2.36. The predicted molar refractivity (Wildman–Crippen MR) is 82.6 cm³/mol. The van der Waals surface area contributed by atoms with Crippen LogP contribution in [0.5, 0.6) is 0 Å². The van der Waals surface area contributed by atoms with Crippen molar-refractivity contribution in [2.45, 2.75) is 31.7 Å². The van der Waals surface area contributed by atoms with E-state index in [1.54, 1.807) is 0 Å². The second-order valence-electron chi connectivity index (χ2n) is 5.91. The highest BCUT2D eigenvalue weighted by Gasteiger charge is 2.27. The summed E-state index contributed by atoms with van der Waals surface area (Å²) in [6.45, 7) is 3.68. The molecule has 1 aromatic rings. The first-order valence-corrected chi connectivity index (χ1v) is 7.29. The van der Waals surface area contributed by atoms with Crippen molar-refractivity contribution >= 4 is 11.6 Å². The van der Waals surface area contributed by atoms with Gasteiger partial charge in [-0.15, -0.1) is 0 Å². The summed E-state index contributed by atoms with van der Waals surface area (Å²) in [5.74, 6) is 0.0993. The summed E-state index contributed by atoms with van der Waals surface area (Å²) in [5.41, 5.74) is 7.52. The molecule has 0 aliphatic carbocycles. The van der Waals surface area contributed by atoms with E-state index < -0.39 is 0 Å². The zero-order valence-corrected chi connectivity index (χ0v) is 12.7. The van der Waals surface area contributed by atoms with Crippen LogP contribution in [0.3, 0.4) is 0 Å². The van der Waals surface area contributed by atoms with E-state index in [1.165, 1.54) is 0 Å². The Hall–Kier alpha value is -1.55. The first-order chi connectivity index (χ1) is 9.49. The predicted octanol–water partition coefficient (Wildman–Crippen LogP) is 1.92. The van der Waals surface area contributed by atoms with E-state index in [0.29, 0.717) is 11.7 Å². The van der Waals surface area contributed by atoms with Gasteiger partial charge in [0, 0.05) is 24.8 Å². The molecule has 4 heteroatoms. The number of anilines is 1. The molecule has 1 aromatic carbocycles. The normalized spacial score (nSPS) is 18.3. The SMILES string of the molecule is CC(C(=O)N1CCC(N(C)C)CC1)c1cccc(N)c1. The van der Waals surface area contributed by atoms with Gasteiger partial charge in [-0.25, -0.2) is 0 Å². The third kappa shape index (κ3) is 3.31. The number of nitrogen functional groups attached to an aromatic ring is 1. The molecular weight excluding hydrogens is 250 g/mol. The number of piperidine rings is 1. The van der Waals surface area contributed by atoms with Gasteiger partial charge in [-0.2, -0.15) is 0 Å². The van der Waals surface area contributed by atoms with Crippen molar-refractivity contribution in [1.29, 1.82) is 0 Å². The van der Waals surface area contributed by atoms with Crippen molar-refractivity contribution in [3.05, 3.63) is 29.8 Å². The molecule has 0 aromatic heterocycles. The monoisotopic (exact) mass is 275 g/mol. The first kappa shape index (κ1) is 14.9. The van der Waals surface area contributed by atoms with Gasteiger partial charge < -0.3 is 15.5 Å². The molecule has 2 rings (SSSR count). The van der Waals surface area contributed by atoms with Gasteiger partial charge in [0.25, 0.3) is 0 Å². The van der Waals surface area contributed by atoms with Crippen molar-refractivity contribution in [3.8, 4) is 0 Å². The lowest BCUT2D eigenvalue weighted by atomic mass is 9.97. The molecule has 0 bridgehead atoms. The number of nitrogens with two attached hydrogens (primary N) is 1. The van der Waals surface area contributed by atoms with Crippen molar-refractivity contribution < 1.29 is 4.79 Å². The number of rotatable bonds is 3. The number of nitrogens with zero attached hydrogens (tertiary/aromatic N) is 2. The van der Waals surface area contributed by atoms with E-state index in [1.807, 2.05) is 36.1 Å². The Bertz CT molecular complexity index is 465. The first-order valence-electron chi connectivity index (χ1n) is 7.29. The van der Waals surface area contributed by atoms with E-state index in [4.69, 9.17) is 5.73 Å². The molecule has 1 atom stereocenters. The molecule has 1 aliphatic heterocycles. The smallest absolute Gasteiger partial charge is 0.229 e. The minimum absolute atomic E-state index is 0.116. The van der Waals surface area contributed by atoms with Gasteiger partial charge in [-0.05, 0) is 51.6 Å². The van der Waals surface area contributed by atoms with E-state index in [9.17, 15) is 4.79 Å². The number of amides is 1. The Kier molecular flexibility index (Phi) is 4.65. The molecule has 110 valence electrons. The molecule has 1 fully saturated rings. The molecular formula is C16H25N3O. The molecule has 20 heavy (non-hydrogen) atoms. The van der Waals surface area contributed by atoms with Crippen molar-refractivity contribution in [2.75, 3.05) is 32.9 Å². The minimum atomic E-state index is -0.116. The van der Waals surface area contributed by atoms with Crippen LogP contribution in [0.4, 0.5) is 5.69 Å². The maximum atomic E-state index is 12.6. The Labute approximate surface area is 121 Å². The van der Waals surface area contributed by atoms with E-state index in [-0.39, 0.29) is 11.8 Å². The highest BCUT2D eigenvalue weighted by Crippen LogP contribution is 2.23. The average molecular weight is 275 g/mol. The second kappa shape index (κ2) is 6.27. The minimum Gasteiger partial charge on any atom is -0.399 e. The van der Waals surface area contributed by atoms with Gasteiger partial charge in [-0.1, -0.05) is 12.1 Å². The van der Waals surface area contributed by atoms with Crippen LogP contribution in [0.1, 0.15) is 31.2 Å². The summed E-state index contributed by atoms with van der Waals surface area (Å²) in [4.78, 5) is 16.8. The topological polar surface area (TPSA) is 49.6 Å². The fourth-order valence-corrected chi connectivity index (χ4v) is 2.85. The number of likely N-dealkylation sites (tertiary alicyclic amines) is 1. The highest BCUT2D eigenvalue weighted by molar-refractivity contribution is 5.83. The molecule has 0 saturated carbocycles. The third-order valence-electron chi connectivity index (χ3n) is 4.29. The Balaban J connectivity index is 1.98. The van der Waals surface area contributed by atoms with Gasteiger partial charge in [0.1, 0.15) is 0 Å². The van der Waals surface area contributed by atoms with Crippen molar-refractivity contribution in [3.63, 3.8) is 0 Å². The van der Waals surface area contributed by atoms with Crippen LogP contribution in [0.15, 0.2) is 24.3 Å². The molecule has 2 N–H and O–H groups in total. The maximum Gasteiger partial charge on any atom is 0.229 e. The summed E-state index contributed by atoms with van der Waals surface area (Å²) in [7, 11) is 4.22. The molecule has 1 amide bonds. The zero-order valence-electron chi connectivity index (χ0n) is 12.7. The summed E-state index contributed by atoms with van der Waals surface area (Å²) in [6.07, 6.45) is 2.12. The quantitative estimate of drug-likeness (QED) is 0.858. The van der Waals surface area contributed by atoms with E-state index in [2.05, 4.69) is 19.0 Å². The van der Waals surface area contributed by atoms with Crippen LogP contribution in [-0.4, -0.2) is 48.9 Å². The van der Waals surface area contributed by atoms with Crippen LogP contribution < -0.4 is 5.73 Å². The van der Waals surface area contributed by atoms with E-state index >= 15 is 0 Å². The molecule has 1 aliphatic rings. The number of hydrogen-bond acceptors (Lipinski definition) is 3. The molecule has 0 spiro atoms. The lowest BCUT2D eigenvalue weighted by Crippen LogP contribution is -2.45. The number of hydrogen-bond donors (Lipinski definition) is 1. The van der Waals surface area contributed by atoms with Crippen LogP contribution in [0.25, 0.3) is 0 Å². The second-order valence-corrected chi connectivity index (χ2v) is 5.91.